The lowest BCUT2D eigenvalue weighted by Crippen LogP contribution is -2.39. The van der Waals surface area contributed by atoms with Crippen molar-refractivity contribution in [2.45, 2.75) is 0 Å². The molecule has 3 aromatic rings. The van der Waals surface area contributed by atoms with Crippen molar-refractivity contribution in [1.82, 2.24) is 5.32 Å². The average molecular weight is 358 g/mol. The van der Waals surface area contributed by atoms with Crippen molar-refractivity contribution in [3.8, 4) is 12.3 Å². The molecule has 2 nitrogen and oxygen atoms in total. The van der Waals surface area contributed by atoms with Crippen LogP contribution in [0.2, 0.25) is 0 Å². The van der Waals surface area contributed by atoms with Gasteiger partial charge in [-0.05, 0) is 36.4 Å². The molecule has 3 rings (SSSR count). The van der Waals surface area contributed by atoms with Crippen LogP contribution < -0.4 is 21.2 Å². The molecule has 0 aliphatic rings. The van der Waals surface area contributed by atoms with E-state index in [0.29, 0.717) is 6.16 Å². The van der Waals surface area contributed by atoms with Crippen molar-refractivity contribution < 1.29 is 4.79 Å². The fraction of sp³-hybridized carbons (Fsp3) is 0.0870. The number of hydrogen-bond donors (Lipinski definition) is 1. The van der Waals surface area contributed by atoms with Gasteiger partial charge in [0.2, 0.25) is 0 Å². The van der Waals surface area contributed by atoms with Gasteiger partial charge in [-0.25, -0.2) is 0 Å². The zero-order valence-electron chi connectivity index (χ0n) is 14.5. The molecule has 26 heavy (non-hydrogen) atoms. The zero-order valence-corrected chi connectivity index (χ0v) is 15.4. The van der Waals surface area contributed by atoms with E-state index in [2.05, 4.69) is 47.6 Å². The second kappa shape index (κ2) is 8.48. The first-order valence-electron chi connectivity index (χ1n) is 8.52. The van der Waals surface area contributed by atoms with Crippen molar-refractivity contribution in [2.75, 3.05) is 12.7 Å². The Morgan fingerprint density at radius 1 is 0.769 bits per heavy atom. The summed E-state index contributed by atoms with van der Waals surface area (Å²) in [6, 6.07) is 31.0. The van der Waals surface area contributed by atoms with Gasteiger partial charge in [0.1, 0.15) is 23.2 Å². The van der Waals surface area contributed by atoms with E-state index in [4.69, 9.17) is 6.42 Å². The van der Waals surface area contributed by atoms with Gasteiger partial charge < -0.3 is 5.32 Å². The fourth-order valence-electron chi connectivity index (χ4n) is 3.19. The van der Waals surface area contributed by atoms with Crippen LogP contribution in [0.15, 0.2) is 91.0 Å². The van der Waals surface area contributed by atoms with E-state index >= 15 is 0 Å². The van der Waals surface area contributed by atoms with Gasteiger partial charge in [-0.3, -0.25) is 4.79 Å². The van der Waals surface area contributed by atoms with Crippen molar-refractivity contribution in [3.05, 3.63) is 91.0 Å². The van der Waals surface area contributed by atoms with Crippen LogP contribution in [0.3, 0.4) is 0 Å². The van der Waals surface area contributed by atoms with Crippen LogP contribution in [0.5, 0.6) is 0 Å². The number of rotatable bonds is 6. The lowest BCUT2D eigenvalue weighted by molar-refractivity contribution is -0.118. The Kier molecular flexibility index (Phi) is 5.84. The first-order valence-corrected chi connectivity index (χ1v) is 10.5. The normalized spacial score (nSPS) is 10.7. The molecule has 3 aromatic carbocycles. The largest absolute Gasteiger partial charge is 0.342 e. The third kappa shape index (κ3) is 3.69. The molecule has 0 unspecified atom stereocenters. The molecule has 0 fully saturated rings. The second-order valence-electron chi connectivity index (χ2n) is 5.96. The summed E-state index contributed by atoms with van der Waals surface area (Å²) >= 11 is 0. The number of amides is 1. The molecule has 3 heteroatoms. The first-order chi connectivity index (χ1) is 12.8. The molecule has 0 spiro atoms. The number of carbonyl (C=O) groups excluding carboxylic acids is 1. The van der Waals surface area contributed by atoms with E-state index in [9.17, 15) is 4.79 Å². The standard InChI is InChI=1S/C23H20NOP/c1-2-18-24-23(25)19-26(20-12-6-3-7-13-20,21-14-8-4-9-15-21)22-16-10-5-11-17-22/h1,3-17H,18-19H2/p+1. The van der Waals surface area contributed by atoms with Gasteiger partial charge >= 0.3 is 0 Å². The van der Waals surface area contributed by atoms with E-state index in [1.54, 1.807) is 0 Å². The molecule has 0 atom stereocenters. The first kappa shape index (κ1) is 17.9. The third-order valence-electron chi connectivity index (χ3n) is 4.36. The van der Waals surface area contributed by atoms with Crippen molar-refractivity contribution in [3.63, 3.8) is 0 Å². The smallest absolute Gasteiger partial charge is 0.259 e. The van der Waals surface area contributed by atoms with Crippen molar-refractivity contribution in [2.24, 2.45) is 0 Å². The van der Waals surface area contributed by atoms with Gasteiger partial charge in [0.05, 0.1) is 6.54 Å². The quantitative estimate of drug-likeness (QED) is 0.533. The highest BCUT2D eigenvalue weighted by Gasteiger charge is 2.47. The summed E-state index contributed by atoms with van der Waals surface area (Å²) in [5.74, 6) is 2.46. The molecule has 0 bridgehead atoms. The summed E-state index contributed by atoms with van der Waals surface area (Å²) in [5, 5.41) is 6.41. The van der Waals surface area contributed by atoms with Gasteiger partial charge in [0.15, 0.2) is 6.16 Å². The number of terminal acetylenes is 1. The van der Waals surface area contributed by atoms with E-state index in [-0.39, 0.29) is 12.5 Å². The monoisotopic (exact) mass is 358 g/mol. The fourth-order valence-corrected chi connectivity index (χ4v) is 7.22. The molecule has 0 saturated carbocycles. The van der Waals surface area contributed by atoms with Gasteiger partial charge in [-0.2, -0.15) is 0 Å². The Balaban J connectivity index is 2.21. The topological polar surface area (TPSA) is 29.1 Å². The van der Waals surface area contributed by atoms with Gasteiger partial charge in [0, 0.05) is 0 Å². The van der Waals surface area contributed by atoms with Crippen LogP contribution in [0.4, 0.5) is 0 Å². The lowest BCUT2D eigenvalue weighted by atomic mass is 10.4. The Labute approximate surface area is 155 Å². The van der Waals surface area contributed by atoms with Crippen molar-refractivity contribution in [1.29, 1.82) is 0 Å². The van der Waals surface area contributed by atoms with Gasteiger partial charge in [-0.15, -0.1) is 6.42 Å². The molecular formula is C23H21NOP+. The number of hydrogen-bond acceptors (Lipinski definition) is 1. The minimum Gasteiger partial charge on any atom is -0.342 e. The summed E-state index contributed by atoms with van der Waals surface area (Å²) in [4.78, 5) is 12.8. The van der Waals surface area contributed by atoms with Crippen LogP contribution in [-0.2, 0) is 4.79 Å². The van der Waals surface area contributed by atoms with Gasteiger partial charge in [0.25, 0.3) is 5.91 Å². The summed E-state index contributed by atoms with van der Waals surface area (Å²) in [6.07, 6.45) is 5.71. The molecule has 1 N–H and O–H groups in total. The molecule has 0 aliphatic carbocycles. The van der Waals surface area contributed by atoms with Crippen LogP contribution in [-0.4, -0.2) is 18.6 Å². The maximum atomic E-state index is 12.8. The number of carbonyl (C=O) groups is 1. The summed E-state index contributed by atoms with van der Waals surface area (Å²) in [5.41, 5.74) is 0. The predicted molar refractivity (Wildman–Crippen MR) is 112 cm³/mol. The van der Waals surface area contributed by atoms with Crippen molar-refractivity contribution >= 4 is 29.1 Å². The summed E-state index contributed by atoms with van der Waals surface area (Å²) < 4.78 is 0. The second-order valence-corrected chi connectivity index (χ2v) is 9.44. The van der Waals surface area contributed by atoms with E-state index in [0.717, 1.165) is 0 Å². The number of benzene rings is 3. The van der Waals surface area contributed by atoms with E-state index in [1.165, 1.54) is 15.9 Å². The molecular weight excluding hydrogens is 337 g/mol. The maximum Gasteiger partial charge on any atom is 0.259 e. The SMILES string of the molecule is C#CCNC(=O)C[P+](c1ccccc1)(c1ccccc1)c1ccccc1. The molecule has 0 saturated heterocycles. The predicted octanol–water partition coefficient (Wildman–Crippen LogP) is 2.73. The summed E-state index contributed by atoms with van der Waals surface area (Å²) in [6.45, 7) is 0.247. The Bertz CT molecular complexity index is 789. The van der Waals surface area contributed by atoms with Crippen LogP contribution >= 0.6 is 7.26 Å². The molecule has 0 heterocycles. The average Bonchev–Trinajstić information content (AvgIpc) is 2.72. The summed E-state index contributed by atoms with van der Waals surface area (Å²) in [7, 11) is -2.13. The highest BCUT2D eigenvalue weighted by atomic mass is 31.2. The zero-order chi connectivity index (χ0) is 18.2. The lowest BCUT2D eigenvalue weighted by Gasteiger charge is -2.27. The minimum atomic E-state index is -2.13. The molecule has 1 amide bonds. The van der Waals surface area contributed by atoms with Crippen LogP contribution in [0, 0.1) is 12.3 Å². The van der Waals surface area contributed by atoms with Crippen LogP contribution in [0.1, 0.15) is 0 Å². The third-order valence-corrected chi connectivity index (χ3v) is 8.66. The molecule has 128 valence electrons. The Morgan fingerprint density at radius 2 is 1.15 bits per heavy atom. The van der Waals surface area contributed by atoms with Crippen LogP contribution in [0.25, 0.3) is 0 Å². The maximum absolute atomic E-state index is 12.8. The highest BCUT2D eigenvalue weighted by molar-refractivity contribution is 7.96. The number of nitrogens with one attached hydrogen (secondary N) is 1. The molecule has 0 aromatic heterocycles. The Morgan fingerprint density at radius 3 is 1.50 bits per heavy atom. The minimum absolute atomic E-state index is 0.0205. The van der Waals surface area contributed by atoms with E-state index in [1.807, 2.05) is 54.6 Å². The highest BCUT2D eigenvalue weighted by Crippen LogP contribution is 2.54. The van der Waals surface area contributed by atoms with Gasteiger partial charge in [-0.1, -0.05) is 60.5 Å². The molecule has 0 aliphatic heterocycles. The van der Waals surface area contributed by atoms with E-state index < -0.39 is 7.26 Å². The Hall–Kier alpha value is -2.88. The molecule has 0 radical (unpaired) electrons.